The fraction of sp³-hybridized carbons (Fsp3) is 0.318. The average Bonchev–Trinajstić information content (AvgIpc) is 3.25. The van der Waals surface area contributed by atoms with Gasteiger partial charge in [-0.2, -0.15) is 4.98 Å². The summed E-state index contributed by atoms with van der Waals surface area (Å²) in [5, 5.41) is 4.00. The van der Waals surface area contributed by atoms with Crippen LogP contribution in [0.5, 0.6) is 17.2 Å². The van der Waals surface area contributed by atoms with Gasteiger partial charge >= 0.3 is 0 Å². The van der Waals surface area contributed by atoms with Crippen molar-refractivity contribution in [3.8, 4) is 28.6 Å². The smallest absolute Gasteiger partial charge is 0.263 e. The zero-order valence-corrected chi connectivity index (χ0v) is 17.5. The van der Waals surface area contributed by atoms with Gasteiger partial charge in [-0.25, -0.2) is 0 Å². The molecule has 2 aromatic carbocycles. The van der Waals surface area contributed by atoms with Gasteiger partial charge in [0.25, 0.3) is 5.91 Å². The molecule has 8 nitrogen and oxygen atoms in total. The molecule has 0 N–H and O–H groups in total. The molecule has 8 heteroatoms. The Bertz CT molecular complexity index is 954. The third kappa shape index (κ3) is 5.08. The number of aromatic nitrogens is 2. The van der Waals surface area contributed by atoms with Gasteiger partial charge in [-0.1, -0.05) is 12.1 Å². The van der Waals surface area contributed by atoms with Gasteiger partial charge in [0.05, 0.1) is 20.8 Å². The molecule has 158 valence electrons. The van der Waals surface area contributed by atoms with Gasteiger partial charge in [-0.3, -0.25) is 4.79 Å². The van der Waals surface area contributed by atoms with Crippen LogP contribution in [0.4, 0.5) is 0 Å². The van der Waals surface area contributed by atoms with Crippen LogP contribution in [0, 0.1) is 0 Å². The number of hydrogen-bond acceptors (Lipinski definition) is 7. The van der Waals surface area contributed by atoms with Crippen LogP contribution in [0.2, 0.25) is 0 Å². The molecule has 3 rings (SSSR count). The van der Waals surface area contributed by atoms with Crippen molar-refractivity contribution in [2.24, 2.45) is 0 Å². The molecule has 0 spiro atoms. The molecule has 0 fully saturated rings. The van der Waals surface area contributed by atoms with Crippen molar-refractivity contribution in [1.29, 1.82) is 0 Å². The maximum Gasteiger partial charge on any atom is 0.263 e. The number of carbonyl (C=O) groups excluding carboxylic acids is 1. The SMILES string of the molecule is CCC(Oc1ccc(OC)cc1)C(=O)N(C)Cc1nc(-c2ccc(OC)cc2)no1. The molecule has 1 atom stereocenters. The molecule has 1 heterocycles. The van der Waals surface area contributed by atoms with Crippen molar-refractivity contribution in [3.63, 3.8) is 0 Å². The number of benzene rings is 2. The maximum atomic E-state index is 12.8. The van der Waals surface area contributed by atoms with Crippen LogP contribution in [0.1, 0.15) is 19.2 Å². The predicted octanol–water partition coefficient (Wildman–Crippen LogP) is 3.57. The van der Waals surface area contributed by atoms with Gasteiger partial charge in [-0.05, 0) is 55.0 Å². The van der Waals surface area contributed by atoms with Crippen LogP contribution in [0.3, 0.4) is 0 Å². The molecule has 0 saturated carbocycles. The van der Waals surface area contributed by atoms with E-state index in [-0.39, 0.29) is 12.5 Å². The summed E-state index contributed by atoms with van der Waals surface area (Å²) in [6, 6.07) is 14.5. The lowest BCUT2D eigenvalue weighted by atomic mass is 10.2. The van der Waals surface area contributed by atoms with Crippen molar-refractivity contribution in [2.75, 3.05) is 21.3 Å². The van der Waals surface area contributed by atoms with Gasteiger partial charge in [0.15, 0.2) is 6.10 Å². The van der Waals surface area contributed by atoms with Crippen LogP contribution in [-0.4, -0.2) is 48.3 Å². The highest BCUT2D eigenvalue weighted by atomic mass is 16.5. The summed E-state index contributed by atoms with van der Waals surface area (Å²) in [7, 11) is 4.89. The zero-order valence-electron chi connectivity index (χ0n) is 17.5. The standard InChI is InChI=1S/C22H25N3O5/c1-5-19(29-18-12-10-17(28-4)11-13-18)22(26)25(2)14-20-23-21(24-30-20)15-6-8-16(27-3)9-7-15/h6-13,19H,5,14H2,1-4H3. The van der Waals surface area contributed by atoms with Gasteiger partial charge in [-0.15, -0.1) is 0 Å². The number of rotatable bonds is 9. The molecule has 0 aliphatic carbocycles. The summed E-state index contributed by atoms with van der Waals surface area (Å²) < 4.78 is 21.5. The number of ether oxygens (including phenoxy) is 3. The molecular weight excluding hydrogens is 386 g/mol. The molecule has 0 saturated heterocycles. The highest BCUT2D eigenvalue weighted by molar-refractivity contribution is 5.81. The van der Waals surface area contributed by atoms with E-state index in [1.165, 1.54) is 4.90 Å². The van der Waals surface area contributed by atoms with Gasteiger partial charge in [0.1, 0.15) is 17.2 Å². The Morgan fingerprint density at radius 2 is 1.57 bits per heavy atom. The van der Waals surface area contributed by atoms with Crippen LogP contribution >= 0.6 is 0 Å². The molecule has 0 aliphatic rings. The van der Waals surface area contributed by atoms with E-state index in [9.17, 15) is 4.79 Å². The highest BCUT2D eigenvalue weighted by Crippen LogP contribution is 2.21. The summed E-state index contributed by atoms with van der Waals surface area (Å²) in [5.41, 5.74) is 0.800. The second-order valence-electron chi connectivity index (χ2n) is 6.62. The predicted molar refractivity (Wildman–Crippen MR) is 110 cm³/mol. The second-order valence-corrected chi connectivity index (χ2v) is 6.62. The number of amides is 1. The monoisotopic (exact) mass is 411 g/mol. The summed E-state index contributed by atoms with van der Waals surface area (Å²) in [6.07, 6.45) is -0.0942. The largest absolute Gasteiger partial charge is 0.497 e. The van der Waals surface area contributed by atoms with Crippen molar-refractivity contribution in [2.45, 2.75) is 26.0 Å². The second kappa shape index (κ2) is 9.78. The fourth-order valence-electron chi connectivity index (χ4n) is 2.83. The lowest BCUT2D eigenvalue weighted by Gasteiger charge is -2.22. The van der Waals surface area contributed by atoms with E-state index >= 15 is 0 Å². The Hall–Kier alpha value is -3.55. The fourth-order valence-corrected chi connectivity index (χ4v) is 2.83. The Morgan fingerprint density at radius 3 is 2.13 bits per heavy atom. The number of carbonyl (C=O) groups is 1. The number of methoxy groups -OCH3 is 2. The van der Waals surface area contributed by atoms with E-state index in [0.717, 1.165) is 17.1 Å². The van der Waals surface area contributed by atoms with E-state index < -0.39 is 6.10 Å². The first-order valence-corrected chi connectivity index (χ1v) is 9.56. The Kier molecular flexibility index (Phi) is 6.90. The van der Waals surface area contributed by atoms with Crippen LogP contribution < -0.4 is 14.2 Å². The molecule has 0 aliphatic heterocycles. The molecule has 0 bridgehead atoms. The summed E-state index contributed by atoms with van der Waals surface area (Å²) >= 11 is 0. The highest BCUT2D eigenvalue weighted by Gasteiger charge is 2.24. The van der Waals surface area contributed by atoms with E-state index in [2.05, 4.69) is 10.1 Å². The third-order valence-corrected chi connectivity index (χ3v) is 4.55. The number of likely N-dealkylation sites (N-methyl/N-ethyl adjacent to an activating group) is 1. The molecule has 1 amide bonds. The average molecular weight is 411 g/mol. The van der Waals surface area contributed by atoms with Crippen LogP contribution in [0.25, 0.3) is 11.4 Å². The Labute approximate surface area is 175 Å². The van der Waals surface area contributed by atoms with Crippen molar-refractivity contribution in [1.82, 2.24) is 15.0 Å². The summed E-state index contributed by atoms with van der Waals surface area (Å²) in [5.74, 6) is 2.70. The number of hydrogen-bond donors (Lipinski definition) is 0. The molecule has 3 aromatic rings. The minimum absolute atomic E-state index is 0.169. The van der Waals surface area contributed by atoms with Gasteiger partial charge < -0.3 is 23.6 Å². The van der Waals surface area contributed by atoms with E-state index in [4.69, 9.17) is 18.7 Å². The lowest BCUT2D eigenvalue weighted by Crippen LogP contribution is -2.39. The molecule has 1 aromatic heterocycles. The van der Waals surface area contributed by atoms with E-state index in [1.54, 1.807) is 45.5 Å². The van der Waals surface area contributed by atoms with E-state index in [0.29, 0.717) is 23.9 Å². The lowest BCUT2D eigenvalue weighted by molar-refractivity contribution is -0.138. The van der Waals surface area contributed by atoms with Crippen LogP contribution in [-0.2, 0) is 11.3 Å². The normalized spacial score (nSPS) is 11.6. The van der Waals surface area contributed by atoms with Gasteiger partial charge in [0.2, 0.25) is 11.7 Å². The first-order chi connectivity index (χ1) is 14.5. The Balaban J connectivity index is 1.62. The first-order valence-electron chi connectivity index (χ1n) is 9.56. The molecular formula is C22H25N3O5. The van der Waals surface area contributed by atoms with Crippen molar-refractivity contribution < 1.29 is 23.5 Å². The molecule has 1 unspecified atom stereocenters. The van der Waals surface area contributed by atoms with Crippen LogP contribution in [0.15, 0.2) is 53.1 Å². The topological polar surface area (TPSA) is 86.9 Å². The minimum Gasteiger partial charge on any atom is -0.497 e. The maximum absolute atomic E-state index is 12.8. The number of nitrogens with zero attached hydrogens (tertiary/aromatic N) is 3. The zero-order chi connectivity index (χ0) is 21.5. The third-order valence-electron chi connectivity index (χ3n) is 4.55. The molecule has 0 radical (unpaired) electrons. The van der Waals surface area contributed by atoms with Crippen molar-refractivity contribution in [3.05, 3.63) is 54.4 Å². The Morgan fingerprint density at radius 1 is 1.00 bits per heavy atom. The molecule has 30 heavy (non-hydrogen) atoms. The summed E-state index contributed by atoms with van der Waals surface area (Å²) in [4.78, 5) is 18.7. The van der Waals surface area contributed by atoms with Gasteiger partial charge in [0, 0.05) is 12.6 Å². The minimum atomic E-state index is -0.618. The van der Waals surface area contributed by atoms with Crippen molar-refractivity contribution >= 4 is 5.91 Å². The van der Waals surface area contributed by atoms with E-state index in [1.807, 2.05) is 31.2 Å². The summed E-state index contributed by atoms with van der Waals surface area (Å²) in [6.45, 7) is 2.08. The quantitative estimate of drug-likeness (QED) is 0.532. The first kappa shape index (κ1) is 21.2.